The molecule has 0 unspecified atom stereocenters. The summed E-state index contributed by atoms with van der Waals surface area (Å²) in [5.41, 5.74) is -1.41. The predicted molar refractivity (Wildman–Crippen MR) is 180 cm³/mol. The molecule has 0 spiro atoms. The molecule has 262 valence electrons. The Bertz CT molecular complexity index is 2220. The van der Waals surface area contributed by atoms with Crippen molar-refractivity contribution >= 4 is 43.4 Å². The number of anilines is 1. The molecule has 3 aliphatic heterocycles. The smallest absolute Gasteiger partial charge is 0.410 e. The number of fused-ring (bicyclic) bond motifs is 6. The molecule has 0 aliphatic carbocycles. The molecule has 2 aromatic heterocycles. The van der Waals surface area contributed by atoms with E-state index in [1.165, 1.54) is 25.3 Å². The van der Waals surface area contributed by atoms with Crippen LogP contribution in [0.2, 0.25) is 0 Å². The highest BCUT2D eigenvalue weighted by Crippen LogP contribution is 2.46. The van der Waals surface area contributed by atoms with Crippen LogP contribution >= 0.6 is 0 Å². The van der Waals surface area contributed by atoms with Gasteiger partial charge in [-0.3, -0.25) is 4.90 Å². The normalized spacial score (nSPS) is 20.2. The number of nitrogens with zero attached hydrogens (tertiary/aromatic N) is 5. The highest BCUT2D eigenvalue weighted by molar-refractivity contribution is 7.90. The second-order valence-corrected chi connectivity index (χ2v) is 15.5. The number of methoxy groups -OCH3 is 1. The van der Waals surface area contributed by atoms with Crippen molar-refractivity contribution in [2.45, 2.75) is 68.9 Å². The van der Waals surface area contributed by atoms with Crippen LogP contribution in [0.4, 0.5) is 19.4 Å². The van der Waals surface area contributed by atoms with Crippen LogP contribution < -0.4 is 14.4 Å². The van der Waals surface area contributed by atoms with E-state index in [0.29, 0.717) is 24.6 Å². The summed E-state index contributed by atoms with van der Waals surface area (Å²) in [6.45, 7) is 5.69. The van der Waals surface area contributed by atoms with Gasteiger partial charge in [0.15, 0.2) is 12.6 Å². The van der Waals surface area contributed by atoms with Crippen molar-refractivity contribution in [1.82, 2.24) is 19.9 Å². The van der Waals surface area contributed by atoms with E-state index in [4.69, 9.17) is 25.4 Å². The van der Waals surface area contributed by atoms with Gasteiger partial charge < -0.3 is 23.8 Å². The molecule has 50 heavy (non-hydrogen) atoms. The fraction of sp³-hybridized carbons (Fsp3) is 0.429. The molecule has 3 aliphatic rings. The summed E-state index contributed by atoms with van der Waals surface area (Å²) in [7, 11) is -2.62. The molecule has 2 aromatic carbocycles. The Kier molecular flexibility index (Phi) is 8.22. The molecule has 15 heteroatoms. The number of hydrogen-bond acceptors (Lipinski definition) is 11. The van der Waals surface area contributed by atoms with E-state index < -0.39 is 38.3 Å². The maximum atomic E-state index is 17.1. The number of rotatable bonds is 5. The fourth-order valence-electron chi connectivity index (χ4n) is 7.22. The Morgan fingerprint density at radius 1 is 1.10 bits per heavy atom. The van der Waals surface area contributed by atoms with Gasteiger partial charge >= 0.3 is 6.09 Å². The largest absolute Gasteiger partial charge is 0.477 e. The van der Waals surface area contributed by atoms with Gasteiger partial charge in [-0.1, -0.05) is 12.0 Å². The van der Waals surface area contributed by atoms with Crippen molar-refractivity contribution in [3.05, 3.63) is 41.5 Å². The third-order valence-electron chi connectivity index (χ3n) is 9.15. The van der Waals surface area contributed by atoms with Gasteiger partial charge in [0.2, 0.25) is 20.9 Å². The number of carbonyl (C=O) groups is 1. The summed E-state index contributed by atoms with van der Waals surface area (Å²) < 4.78 is 81.0. The Morgan fingerprint density at radius 2 is 1.88 bits per heavy atom. The number of hydrogen-bond donors (Lipinski definition) is 0. The van der Waals surface area contributed by atoms with Crippen LogP contribution in [-0.2, 0) is 19.3 Å². The SMILES string of the molecule is C#Cc1c(F)ccc2cc(OCOC)cc(-c3nc4c5c(nc(S(C)(=O)=O)nc5c3F)N3C[C@H]5CC[C@@H]([C@H]3CCO4)N5C(=O)OC(C)(C)C)c12. The van der Waals surface area contributed by atoms with Gasteiger partial charge in [-0.25, -0.2) is 36.9 Å². The fourth-order valence-corrected chi connectivity index (χ4v) is 7.73. The molecule has 2 fully saturated rings. The van der Waals surface area contributed by atoms with Crippen LogP contribution in [0, 0.1) is 24.0 Å². The number of halogens is 2. The molecular weight excluding hydrogens is 672 g/mol. The summed E-state index contributed by atoms with van der Waals surface area (Å²) in [5.74, 6) is 1.02. The van der Waals surface area contributed by atoms with Gasteiger partial charge in [0.1, 0.15) is 39.6 Å². The quantitative estimate of drug-likeness (QED) is 0.153. The van der Waals surface area contributed by atoms with E-state index in [0.717, 1.165) is 6.26 Å². The minimum Gasteiger partial charge on any atom is -0.477 e. The minimum atomic E-state index is -4.06. The molecule has 2 bridgehead atoms. The maximum absolute atomic E-state index is 17.1. The summed E-state index contributed by atoms with van der Waals surface area (Å²) in [4.78, 5) is 30.4. The number of sulfone groups is 1. The molecule has 2 saturated heterocycles. The molecule has 12 nitrogen and oxygen atoms in total. The van der Waals surface area contributed by atoms with E-state index in [1.807, 2.05) is 4.90 Å². The highest BCUT2D eigenvalue weighted by Gasteiger charge is 2.51. The molecule has 1 amide bonds. The van der Waals surface area contributed by atoms with Crippen molar-refractivity contribution in [3.63, 3.8) is 0 Å². The second kappa shape index (κ2) is 12.2. The lowest BCUT2D eigenvalue weighted by molar-refractivity contribution is 0.00637. The standard InChI is InChI=1S/C35H35F2N5O7S/c1-7-21-23(36)10-8-18-14-20(48-17-46-5)15-22(26(18)21)29-28(37)30-27-31(40-33(39-30)50(6,44)45)41-16-19-9-11-25(24(41)12-13-47-32(27)38-29)42(19)34(43)49-35(2,3)4/h1,8,10,14-15,19,24-25H,9,11-13,16-17H2,2-6H3/t19-,24-,25+/m1/s1. The average molecular weight is 708 g/mol. The Labute approximate surface area is 287 Å². The maximum Gasteiger partial charge on any atom is 0.410 e. The zero-order chi connectivity index (χ0) is 35.7. The third kappa shape index (κ3) is 5.69. The average Bonchev–Trinajstić information content (AvgIpc) is 3.38. The topological polar surface area (TPSA) is 133 Å². The predicted octanol–water partition coefficient (Wildman–Crippen LogP) is 5.23. The third-order valence-corrected chi connectivity index (χ3v) is 10.0. The lowest BCUT2D eigenvalue weighted by atomic mass is 9.95. The molecule has 0 saturated carbocycles. The summed E-state index contributed by atoms with van der Waals surface area (Å²) in [6.07, 6.45) is 8.02. The van der Waals surface area contributed by atoms with Crippen molar-refractivity contribution in [3.8, 4) is 35.2 Å². The molecular formula is C35H35F2N5O7S. The van der Waals surface area contributed by atoms with Crippen LogP contribution in [0.25, 0.3) is 32.9 Å². The van der Waals surface area contributed by atoms with Gasteiger partial charge in [0.25, 0.3) is 0 Å². The molecule has 0 N–H and O–H groups in total. The Morgan fingerprint density at radius 3 is 2.58 bits per heavy atom. The summed E-state index contributed by atoms with van der Waals surface area (Å²) in [6, 6.07) is 4.83. The number of pyridine rings is 1. The van der Waals surface area contributed by atoms with Crippen molar-refractivity contribution in [2.75, 3.05) is 38.2 Å². The molecule has 0 radical (unpaired) electrons. The number of ether oxygens (including phenoxy) is 4. The Balaban J connectivity index is 1.47. The van der Waals surface area contributed by atoms with Crippen molar-refractivity contribution < 1.29 is 40.9 Å². The van der Waals surface area contributed by atoms with Gasteiger partial charge in [-0.2, -0.15) is 0 Å². The number of amides is 1. The van der Waals surface area contributed by atoms with Gasteiger partial charge in [0.05, 0.1) is 30.3 Å². The van der Waals surface area contributed by atoms with Crippen LogP contribution in [-0.4, -0.2) is 91.4 Å². The Hall–Kier alpha value is -4.81. The number of aromatic nitrogens is 3. The molecule has 4 aromatic rings. The van der Waals surface area contributed by atoms with Gasteiger partial charge in [-0.15, -0.1) is 6.42 Å². The van der Waals surface area contributed by atoms with Crippen LogP contribution in [0.3, 0.4) is 0 Å². The second-order valence-electron chi connectivity index (χ2n) is 13.6. The first-order chi connectivity index (χ1) is 23.7. The van der Waals surface area contributed by atoms with E-state index >= 15 is 8.78 Å². The van der Waals surface area contributed by atoms with E-state index in [-0.39, 0.29) is 88.6 Å². The lowest BCUT2D eigenvalue weighted by Crippen LogP contribution is -2.62. The van der Waals surface area contributed by atoms with E-state index in [2.05, 4.69) is 20.9 Å². The summed E-state index contributed by atoms with van der Waals surface area (Å²) in [5, 5.41) is 0.108. The van der Waals surface area contributed by atoms with Crippen LogP contribution in [0.5, 0.6) is 11.6 Å². The number of piperazine rings is 1. The molecule has 3 atom stereocenters. The van der Waals surface area contributed by atoms with Crippen LogP contribution in [0.15, 0.2) is 29.4 Å². The molecule has 5 heterocycles. The summed E-state index contributed by atoms with van der Waals surface area (Å²) >= 11 is 0. The van der Waals surface area contributed by atoms with E-state index in [9.17, 15) is 13.2 Å². The first-order valence-corrected chi connectivity index (χ1v) is 18.0. The van der Waals surface area contributed by atoms with Gasteiger partial charge in [-0.05, 0) is 57.2 Å². The zero-order valence-electron chi connectivity index (χ0n) is 28.1. The first kappa shape index (κ1) is 33.7. The number of benzene rings is 2. The van der Waals surface area contributed by atoms with Crippen LogP contribution in [0.1, 0.15) is 45.6 Å². The zero-order valence-corrected chi connectivity index (χ0v) is 28.9. The molecule has 7 rings (SSSR count). The van der Waals surface area contributed by atoms with Crippen molar-refractivity contribution in [1.29, 1.82) is 0 Å². The monoisotopic (exact) mass is 707 g/mol. The lowest BCUT2D eigenvalue weighted by Gasteiger charge is -2.48. The minimum absolute atomic E-state index is 0.0400. The number of terminal acetylenes is 1. The highest BCUT2D eigenvalue weighted by atomic mass is 32.2. The van der Waals surface area contributed by atoms with Crippen molar-refractivity contribution in [2.24, 2.45) is 0 Å². The van der Waals surface area contributed by atoms with Gasteiger partial charge in [0, 0.05) is 37.3 Å². The van der Waals surface area contributed by atoms with E-state index in [1.54, 1.807) is 31.7 Å². The first-order valence-electron chi connectivity index (χ1n) is 16.1. The number of carbonyl (C=O) groups excluding carboxylic acids is 1.